The van der Waals surface area contributed by atoms with Gasteiger partial charge in [-0.2, -0.15) is 5.26 Å². The highest BCUT2D eigenvalue weighted by molar-refractivity contribution is 6.37. The van der Waals surface area contributed by atoms with Gasteiger partial charge in [0.25, 0.3) is 11.8 Å². The van der Waals surface area contributed by atoms with Crippen molar-refractivity contribution in [2.75, 3.05) is 17.3 Å². The number of nitrogens with one attached hydrogen (secondary N) is 1. The van der Waals surface area contributed by atoms with Gasteiger partial charge in [-0.05, 0) is 23.8 Å². The van der Waals surface area contributed by atoms with E-state index in [0.717, 1.165) is 5.56 Å². The lowest BCUT2D eigenvalue weighted by molar-refractivity contribution is -0.114. The standard InChI is InChI=1S/C25H19N3O3/c1-31-22-14-8-6-12-20(22)27-24(29)19(15-26)23-18-11-5-7-13-21(18)28(25(23)30)16-17-9-3-2-4-10-17/h2-14H,16H2,1H3,(H,27,29)/b23-19-. The number of fused-ring (bicyclic) bond motifs is 1. The molecule has 2 amide bonds. The number of nitrogens with zero attached hydrogens (tertiary/aromatic N) is 2. The summed E-state index contributed by atoms with van der Waals surface area (Å²) in [5.41, 5.74) is 2.46. The van der Waals surface area contributed by atoms with E-state index in [0.29, 0.717) is 29.2 Å². The van der Waals surface area contributed by atoms with E-state index in [1.807, 2.05) is 48.5 Å². The van der Waals surface area contributed by atoms with Crippen LogP contribution in [0.5, 0.6) is 5.75 Å². The molecule has 0 radical (unpaired) electrons. The van der Waals surface area contributed by atoms with Crippen LogP contribution in [0.1, 0.15) is 11.1 Å². The zero-order valence-corrected chi connectivity index (χ0v) is 16.8. The minimum atomic E-state index is -0.660. The summed E-state index contributed by atoms with van der Waals surface area (Å²) >= 11 is 0. The molecule has 0 fully saturated rings. The first-order chi connectivity index (χ1) is 15.1. The van der Waals surface area contributed by atoms with Gasteiger partial charge in [-0.25, -0.2) is 0 Å². The second-order valence-corrected chi connectivity index (χ2v) is 6.91. The number of benzene rings is 3. The molecule has 0 bridgehead atoms. The summed E-state index contributed by atoms with van der Waals surface area (Å²) in [5.74, 6) is -0.578. The Hall–Kier alpha value is -4.37. The van der Waals surface area contributed by atoms with Gasteiger partial charge in [-0.3, -0.25) is 9.59 Å². The summed E-state index contributed by atoms with van der Waals surface area (Å²) in [6.45, 7) is 0.340. The fourth-order valence-electron chi connectivity index (χ4n) is 3.60. The van der Waals surface area contributed by atoms with Crippen molar-refractivity contribution < 1.29 is 14.3 Å². The van der Waals surface area contributed by atoms with Crippen molar-refractivity contribution in [2.45, 2.75) is 6.54 Å². The molecule has 0 saturated heterocycles. The van der Waals surface area contributed by atoms with Gasteiger partial charge < -0.3 is 15.0 Å². The first-order valence-electron chi connectivity index (χ1n) is 9.68. The zero-order valence-electron chi connectivity index (χ0n) is 16.8. The van der Waals surface area contributed by atoms with Crippen LogP contribution in [0.2, 0.25) is 0 Å². The number of carbonyl (C=O) groups excluding carboxylic acids is 2. The van der Waals surface area contributed by atoms with Crippen LogP contribution in [0.25, 0.3) is 5.57 Å². The van der Waals surface area contributed by atoms with Gasteiger partial charge in [0.05, 0.1) is 30.6 Å². The molecule has 0 atom stereocenters. The molecule has 152 valence electrons. The van der Waals surface area contributed by atoms with Crippen molar-refractivity contribution >= 4 is 28.8 Å². The van der Waals surface area contributed by atoms with Crippen molar-refractivity contribution in [2.24, 2.45) is 0 Å². The maximum Gasteiger partial charge on any atom is 0.267 e. The first-order valence-corrected chi connectivity index (χ1v) is 9.68. The van der Waals surface area contributed by atoms with Gasteiger partial charge in [0.2, 0.25) is 0 Å². The number of ether oxygens (including phenoxy) is 1. The normalized spacial score (nSPS) is 13.9. The molecule has 3 aromatic rings. The molecule has 1 heterocycles. The van der Waals surface area contributed by atoms with Crippen molar-refractivity contribution in [3.8, 4) is 11.8 Å². The van der Waals surface area contributed by atoms with Crippen LogP contribution in [-0.4, -0.2) is 18.9 Å². The third-order valence-electron chi connectivity index (χ3n) is 5.05. The SMILES string of the molecule is COc1ccccc1NC(=O)/C(C#N)=C1\C(=O)N(Cc2ccccc2)c2ccccc21. The number of carbonyl (C=O) groups is 2. The quantitative estimate of drug-likeness (QED) is 0.507. The molecule has 1 aliphatic heterocycles. The summed E-state index contributed by atoms with van der Waals surface area (Å²) in [4.78, 5) is 28.0. The molecular formula is C25H19N3O3. The maximum absolute atomic E-state index is 13.4. The van der Waals surface area contributed by atoms with E-state index in [9.17, 15) is 14.9 Å². The summed E-state index contributed by atoms with van der Waals surface area (Å²) < 4.78 is 5.26. The van der Waals surface area contributed by atoms with Gasteiger partial charge in [0, 0.05) is 5.56 Å². The average Bonchev–Trinajstić information content (AvgIpc) is 3.07. The second-order valence-electron chi connectivity index (χ2n) is 6.91. The molecule has 31 heavy (non-hydrogen) atoms. The molecule has 6 heteroatoms. The third kappa shape index (κ3) is 3.77. The largest absolute Gasteiger partial charge is 0.495 e. The highest BCUT2D eigenvalue weighted by atomic mass is 16.5. The predicted molar refractivity (Wildman–Crippen MR) is 118 cm³/mol. The Morgan fingerprint density at radius 3 is 2.42 bits per heavy atom. The molecule has 0 spiro atoms. The minimum Gasteiger partial charge on any atom is -0.495 e. The Balaban J connectivity index is 1.74. The van der Waals surface area contributed by atoms with Crippen molar-refractivity contribution in [3.05, 3.63) is 95.6 Å². The lowest BCUT2D eigenvalue weighted by Gasteiger charge is -2.17. The average molecular weight is 409 g/mol. The molecule has 6 nitrogen and oxygen atoms in total. The van der Waals surface area contributed by atoms with E-state index < -0.39 is 5.91 Å². The molecule has 1 aliphatic rings. The summed E-state index contributed by atoms with van der Waals surface area (Å²) in [5, 5.41) is 12.5. The lowest BCUT2D eigenvalue weighted by Crippen LogP contribution is -2.27. The minimum absolute atomic E-state index is 0.0985. The maximum atomic E-state index is 13.4. The molecule has 0 saturated carbocycles. The van der Waals surface area contributed by atoms with E-state index >= 15 is 0 Å². The summed E-state index contributed by atoms with van der Waals surface area (Å²) in [6.07, 6.45) is 0. The topological polar surface area (TPSA) is 82.4 Å². The van der Waals surface area contributed by atoms with E-state index in [4.69, 9.17) is 4.74 Å². The number of anilines is 2. The Morgan fingerprint density at radius 1 is 1.00 bits per heavy atom. The summed E-state index contributed by atoms with van der Waals surface area (Å²) in [7, 11) is 1.49. The Kier molecular flexibility index (Phi) is 5.50. The second kappa shape index (κ2) is 8.56. The Morgan fingerprint density at radius 2 is 1.68 bits per heavy atom. The molecule has 0 aliphatic carbocycles. The number of para-hydroxylation sites is 3. The number of amides is 2. The van der Waals surface area contributed by atoms with Crippen LogP contribution in [0, 0.1) is 11.3 Å². The van der Waals surface area contributed by atoms with Gasteiger partial charge in [-0.1, -0.05) is 60.7 Å². The zero-order chi connectivity index (χ0) is 21.8. The lowest BCUT2D eigenvalue weighted by atomic mass is 10.0. The molecule has 0 aromatic heterocycles. The van der Waals surface area contributed by atoms with Crippen LogP contribution in [0.3, 0.4) is 0 Å². The van der Waals surface area contributed by atoms with E-state index in [2.05, 4.69) is 5.32 Å². The molecule has 1 N–H and O–H groups in total. The smallest absolute Gasteiger partial charge is 0.267 e. The Bertz CT molecular complexity index is 1230. The van der Waals surface area contributed by atoms with Gasteiger partial charge in [0.15, 0.2) is 0 Å². The van der Waals surface area contributed by atoms with E-state index in [1.165, 1.54) is 7.11 Å². The monoisotopic (exact) mass is 409 g/mol. The first kappa shape index (κ1) is 19.9. The van der Waals surface area contributed by atoms with E-state index in [1.54, 1.807) is 41.3 Å². The summed E-state index contributed by atoms with van der Waals surface area (Å²) in [6, 6.07) is 25.6. The van der Waals surface area contributed by atoms with Crippen LogP contribution in [-0.2, 0) is 16.1 Å². The van der Waals surface area contributed by atoms with E-state index in [-0.39, 0.29) is 17.1 Å². The van der Waals surface area contributed by atoms with Crippen LogP contribution in [0.15, 0.2) is 84.4 Å². The van der Waals surface area contributed by atoms with Gasteiger partial charge in [0.1, 0.15) is 17.4 Å². The molecule has 3 aromatic carbocycles. The van der Waals surface area contributed by atoms with Crippen LogP contribution < -0.4 is 15.0 Å². The van der Waals surface area contributed by atoms with Crippen LogP contribution in [0.4, 0.5) is 11.4 Å². The molecular weight excluding hydrogens is 390 g/mol. The van der Waals surface area contributed by atoms with Crippen molar-refractivity contribution in [1.82, 2.24) is 0 Å². The Labute approximate surface area is 180 Å². The van der Waals surface area contributed by atoms with Crippen molar-refractivity contribution in [3.63, 3.8) is 0 Å². The van der Waals surface area contributed by atoms with Gasteiger partial charge in [-0.15, -0.1) is 0 Å². The highest BCUT2D eigenvalue weighted by Crippen LogP contribution is 2.39. The number of hydrogen-bond donors (Lipinski definition) is 1. The highest BCUT2D eigenvalue weighted by Gasteiger charge is 2.36. The number of hydrogen-bond acceptors (Lipinski definition) is 4. The number of nitriles is 1. The fraction of sp³-hybridized carbons (Fsp3) is 0.0800. The fourth-order valence-corrected chi connectivity index (χ4v) is 3.60. The van der Waals surface area contributed by atoms with Gasteiger partial charge >= 0.3 is 0 Å². The van der Waals surface area contributed by atoms with Crippen LogP contribution >= 0.6 is 0 Å². The predicted octanol–water partition coefficient (Wildman–Crippen LogP) is 4.16. The van der Waals surface area contributed by atoms with Crippen molar-refractivity contribution in [1.29, 1.82) is 5.26 Å². The number of methoxy groups -OCH3 is 1. The third-order valence-corrected chi connectivity index (χ3v) is 5.05. The number of rotatable bonds is 5. The molecule has 0 unspecified atom stereocenters. The molecule has 4 rings (SSSR count).